The van der Waals surface area contributed by atoms with Gasteiger partial charge in [0.15, 0.2) is 0 Å². The van der Waals surface area contributed by atoms with Crippen molar-refractivity contribution in [3.8, 4) is 0 Å². The molecule has 2 fully saturated rings. The molecule has 0 bridgehead atoms. The van der Waals surface area contributed by atoms with Crippen molar-refractivity contribution in [2.24, 2.45) is 0 Å². The molecule has 0 aliphatic carbocycles. The lowest BCUT2D eigenvalue weighted by Crippen LogP contribution is -2.44. The topological polar surface area (TPSA) is 51.3 Å². The summed E-state index contributed by atoms with van der Waals surface area (Å²) >= 11 is 0. The van der Waals surface area contributed by atoms with Crippen molar-refractivity contribution in [2.75, 3.05) is 45.1 Å². The first kappa shape index (κ1) is 16.3. The lowest BCUT2D eigenvalue weighted by atomic mass is 9.92. The Kier molecular flexibility index (Phi) is 4.34. The van der Waals surface area contributed by atoms with Crippen LogP contribution in [0.3, 0.4) is 0 Å². The standard InChI is InChI=1S/C24H32N6/c1-17-7-6-12-25-22(17)19-9-5-11-21(29(19)3)24-26-18-8-4-10-20(23(18)27-24)30-15-13-28(2)14-16-30/h4,6-8,10,12,19,21H,5,9,11,13-16H2,1-3H3,(H,26,27)/t19-,21+/m0/s1/i3D3. The number of rotatable bonds is 3. The van der Waals surface area contributed by atoms with Gasteiger partial charge in [-0.2, -0.15) is 0 Å². The lowest BCUT2D eigenvalue weighted by Gasteiger charge is -2.38. The van der Waals surface area contributed by atoms with E-state index < -0.39 is 6.98 Å². The van der Waals surface area contributed by atoms with Gasteiger partial charge in [0.1, 0.15) is 11.3 Å². The van der Waals surface area contributed by atoms with E-state index in [-0.39, 0.29) is 12.1 Å². The number of anilines is 1. The number of hydrogen-bond acceptors (Lipinski definition) is 5. The number of fused-ring (bicyclic) bond motifs is 1. The van der Waals surface area contributed by atoms with Crippen LogP contribution in [0.4, 0.5) is 5.69 Å². The predicted molar refractivity (Wildman–Crippen MR) is 122 cm³/mol. The Morgan fingerprint density at radius 1 is 1.07 bits per heavy atom. The first-order valence-electron chi connectivity index (χ1n) is 12.4. The van der Waals surface area contributed by atoms with E-state index in [0.717, 1.165) is 79.2 Å². The maximum absolute atomic E-state index is 8.39. The van der Waals surface area contributed by atoms with Crippen LogP contribution in [0.1, 0.15) is 52.5 Å². The zero-order valence-corrected chi connectivity index (χ0v) is 17.8. The minimum atomic E-state index is -2.25. The third kappa shape index (κ3) is 3.48. The number of aromatic amines is 1. The Balaban J connectivity index is 1.54. The number of hydrogen-bond donors (Lipinski definition) is 1. The summed E-state index contributed by atoms with van der Waals surface area (Å²) in [5.74, 6) is 0.737. The van der Waals surface area contributed by atoms with Gasteiger partial charge in [0.05, 0.1) is 29.0 Å². The number of likely N-dealkylation sites (N-methyl/N-ethyl adjacent to an activating group) is 1. The number of nitrogens with one attached hydrogen (secondary N) is 1. The SMILES string of the molecule is [2H]C([2H])([2H])N1[C@@H](c2nc3c(N4CCN(C)CC4)cccc3[nH]2)CCC[C@H]1c1ncccc1C. The number of benzene rings is 1. The quantitative estimate of drug-likeness (QED) is 0.713. The molecule has 0 unspecified atom stereocenters. The number of nitrogens with zero attached hydrogens (tertiary/aromatic N) is 5. The molecule has 158 valence electrons. The van der Waals surface area contributed by atoms with Crippen molar-refractivity contribution in [1.82, 2.24) is 24.8 Å². The third-order valence-electron chi connectivity index (χ3n) is 6.66. The number of aromatic nitrogens is 3. The molecule has 2 atom stereocenters. The summed E-state index contributed by atoms with van der Waals surface area (Å²) in [5.41, 5.74) is 4.89. The molecule has 2 aromatic heterocycles. The normalized spacial score (nSPS) is 25.8. The van der Waals surface area contributed by atoms with Crippen molar-refractivity contribution in [1.29, 1.82) is 0 Å². The Labute approximate surface area is 183 Å². The number of aryl methyl sites for hydroxylation is 1. The van der Waals surface area contributed by atoms with Crippen LogP contribution in [-0.2, 0) is 0 Å². The molecular formula is C24H32N6. The van der Waals surface area contributed by atoms with E-state index in [1.54, 1.807) is 11.1 Å². The fraction of sp³-hybridized carbons (Fsp3) is 0.500. The first-order chi connectivity index (χ1) is 15.8. The number of pyridine rings is 1. The minimum Gasteiger partial charge on any atom is -0.367 e. The zero-order valence-electron chi connectivity index (χ0n) is 20.8. The molecule has 1 aromatic carbocycles. The van der Waals surface area contributed by atoms with Crippen molar-refractivity contribution in [3.05, 3.63) is 53.6 Å². The van der Waals surface area contributed by atoms with E-state index >= 15 is 0 Å². The van der Waals surface area contributed by atoms with Crippen molar-refractivity contribution < 1.29 is 4.11 Å². The van der Waals surface area contributed by atoms with Gasteiger partial charge in [-0.15, -0.1) is 0 Å². The van der Waals surface area contributed by atoms with Gasteiger partial charge in [0.2, 0.25) is 0 Å². The van der Waals surface area contributed by atoms with E-state index in [1.165, 1.54) is 0 Å². The van der Waals surface area contributed by atoms with Crippen LogP contribution >= 0.6 is 0 Å². The van der Waals surface area contributed by atoms with Crippen LogP contribution in [-0.4, -0.2) is 65.0 Å². The maximum atomic E-state index is 8.39. The van der Waals surface area contributed by atoms with E-state index in [9.17, 15) is 0 Å². The molecule has 5 rings (SSSR count). The van der Waals surface area contributed by atoms with Crippen molar-refractivity contribution in [3.63, 3.8) is 0 Å². The second-order valence-electron chi connectivity index (χ2n) is 8.66. The number of likely N-dealkylation sites (tertiary alicyclic amines) is 1. The molecule has 6 heteroatoms. The second kappa shape index (κ2) is 8.00. The highest BCUT2D eigenvalue weighted by molar-refractivity contribution is 5.89. The molecule has 6 nitrogen and oxygen atoms in total. The largest absolute Gasteiger partial charge is 0.367 e. The lowest BCUT2D eigenvalue weighted by molar-refractivity contribution is 0.107. The zero-order chi connectivity index (χ0) is 23.2. The van der Waals surface area contributed by atoms with Crippen LogP contribution < -0.4 is 4.90 Å². The monoisotopic (exact) mass is 407 g/mol. The van der Waals surface area contributed by atoms with Gasteiger partial charge < -0.3 is 14.8 Å². The average Bonchev–Trinajstić information content (AvgIpc) is 3.23. The molecule has 0 amide bonds. The van der Waals surface area contributed by atoms with Crippen LogP contribution in [0.2, 0.25) is 0 Å². The Morgan fingerprint density at radius 2 is 1.90 bits per heavy atom. The molecule has 2 aliphatic heterocycles. The molecule has 4 heterocycles. The van der Waals surface area contributed by atoms with Crippen molar-refractivity contribution >= 4 is 16.7 Å². The number of imidazole rings is 1. The highest BCUT2D eigenvalue weighted by atomic mass is 15.3. The Bertz CT molecular complexity index is 1120. The molecule has 1 N–H and O–H groups in total. The van der Waals surface area contributed by atoms with Gasteiger partial charge in [-0.3, -0.25) is 9.88 Å². The summed E-state index contributed by atoms with van der Waals surface area (Å²) < 4.78 is 25.2. The van der Waals surface area contributed by atoms with E-state index in [1.807, 2.05) is 25.1 Å². The van der Waals surface area contributed by atoms with Crippen molar-refractivity contribution in [2.45, 2.75) is 38.3 Å². The highest BCUT2D eigenvalue weighted by Crippen LogP contribution is 2.40. The molecule has 30 heavy (non-hydrogen) atoms. The van der Waals surface area contributed by atoms with Gasteiger partial charge in [-0.05, 0) is 64.0 Å². The van der Waals surface area contributed by atoms with E-state index in [0.29, 0.717) is 0 Å². The summed E-state index contributed by atoms with van der Waals surface area (Å²) in [6.07, 6.45) is 4.22. The molecule has 0 spiro atoms. The summed E-state index contributed by atoms with van der Waals surface area (Å²) in [4.78, 5) is 19.5. The highest BCUT2D eigenvalue weighted by Gasteiger charge is 2.33. The fourth-order valence-electron chi connectivity index (χ4n) is 4.88. The number of piperidine rings is 1. The number of H-pyrrole nitrogens is 1. The molecular weight excluding hydrogens is 372 g/mol. The van der Waals surface area contributed by atoms with Crippen LogP contribution in [0.5, 0.6) is 0 Å². The van der Waals surface area contributed by atoms with Gasteiger partial charge in [-0.1, -0.05) is 12.1 Å². The van der Waals surface area contributed by atoms with E-state index in [4.69, 9.17) is 9.10 Å². The smallest absolute Gasteiger partial charge is 0.124 e. The Hall–Kier alpha value is -2.44. The summed E-state index contributed by atoms with van der Waals surface area (Å²) in [7, 11) is 2.15. The van der Waals surface area contributed by atoms with Gasteiger partial charge in [0.25, 0.3) is 0 Å². The van der Waals surface area contributed by atoms with Gasteiger partial charge in [-0.25, -0.2) is 4.98 Å². The molecule has 3 aromatic rings. The van der Waals surface area contributed by atoms with Gasteiger partial charge in [0, 0.05) is 36.5 Å². The predicted octanol–water partition coefficient (Wildman–Crippen LogP) is 3.92. The molecule has 2 saturated heterocycles. The van der Waals surface area contributed by atoms with Crippen LogP contribution in [0, 0.1) is 6.92 Å². The van der Waals surface area contributed by atoms with Gasteiger partial charge >= 0.3 is 0 Å². The summed E-state index contributed by atoms with van der Waals surface area (Å²) in [6.45, 7) is 3.72. The van der Waals surface area contributed by atoms with Crippen LogP contribution in [0.25, 0.3) is 11.0 Å². The Morgan fingerprint density at radius 3 is 2.70 bits per heavy atom. The minimum absolute atomic E-state index is 0.261. The second-order valence-corrected chi connectivity index (χ2v) is 8.66. The third-order valence-corrected chi connectivity index (χ3v) is 6.66. The molecule has 0 saturated carbocycles. The maximum Gasteiger partial charge on any atom is 0.124 e. The molecule has 2 aliphatic rings. The molecule has 0 radical (unpaired) electrons. The summed E-state index contributed by atoms with van der Waals surface area (Å²) in [5, 5.41) is 0. The number of para-hydroxylation sites is 1. The van der Waals surface area contributed by atoms with Crippen LogP contribution in [0.15, 0.2) is 36.5 Å². The fourth-order valence-corrected chi connectivity index (χ4v) is 4.88. The summed E-state index contributed by atoms with van der Waals surface area (Å²) in [6, 6.07) is 9.55. The average molecular weight is 408 g/mol. The first-order valence-corrected chi connectivity index (χ1v) is 10.9. The van der Waals surface area contributed by atoms with E-state index in [2.05, 4.69) is 38.9 Å². The number of piperazine rings is 1.